The minimum absolute atomic E-state index is 0.0359. The number of ether oxygens (including phenoxy) is 1. The minimum Gasteiger partial charge on any atom is -0.377 e. The first-order chi connectivity index (χ1) is 13.6. The molecule has 0 unspecified atom stereocenters. The largest absolute Gasteiger partial charge is 0.377 e. The van der Waals surface area contributed by atoms with Gasteiger partial charge in [-0.1, -0.05) is 35.2 Å². The van der Waals surface area contributed by atoms with Crippen LogP contribution in [0.15, 0.2) is 34.1 Å². The van der Waals surface area contributed by atoms with Gasteiger partial charge in [-0.05, 0) is 50.8 Å². The van der Waals surface area contributed by atoms with Crippen LogP contribution in [0.1, 0.15) is 38.7 Å². The van der Waals surface area contributed by atoms with Crippen LogP contribution in [0.2, 0.25) is 0 Å². The van der Waals surface area contributed by atoms with E-state index in [1.54, 1.807) is 5.51 Å². The highest BCUT2D eigenvalue weighted by molar-refractivity contribution is 8.01. The van der Waals surface area contributed by atoms with Crippen molar-refractivity contribution in [2.75, 3.05) is 24.2 Å². The second-order valence-corrected chi connectivity index (χ2v) is 9.31. The van der Waals surface area contributed by atoms with E-state index in [9.17, 15) is 4.79 Å². The van der Waals surface area contributed by atoms with Crippen LogP contribution in [0.4, 0.5) is 5.69 Å². The number of hydrogen-bond acceptors (Lipinski definition) is 7. The Morgan fingerprint density at radius 1 is 1.36 bits per heavy atom. The SMILES string of the molecule is CC(C)N(Cc1ccc(NC(=O)CSc2nncs2)cc1)C[C@@H]1CCCCO1. The van der Waals surface area contributed by atoms with Crippen molar-refractivity contribution in [1.82, 2.24) is 15.1 Å². The van der Waals surface area contributed by atoms with Gasteiger partial charge in [0.2, 0.25) is 5.91 Å². The lowest BCUT2D eigenvalue weighted by Crippen LogP contribution is -2.39. The van der Waals surface area contributed by atoms with Crippen molar-refractivity contribution in [1.29, 1.82) is 0 Å². The highest BCUT2D eigenvalue weighted by Gasteiger charge is 2.19. The maximum atomic E-state index is 12.1. The number of thioether (sulfide) groups is 1. The summed E-state index contributed by atoms with van der Waals surface area (Å²) in [6, 6.07) is 8.58. The summed E-state index contributed by atoms with van der Waals surface area (Å²) >= 11 is 2.84. The van der Waals surface area contributed by atoms with E-state index in [0.717, 1.165) is 36.1 Å². The summed E-state index contributed by atoms with van der Waals surface area (Å²) in [6.45, 7) is 7.21. The van der Waals surface area contributed by atoms with Crippen LogP contribution in [-0.2, 0) is 16.1 Å². The average molecular weight is 421 g/mol. The van der Waals surface area contributed by atoms with E-state index in [-0.39, 0.29) is 5.91 Å². The highest BCUT2D eigenvalue weighted by atomic mass is 32.2. The molecule has 0 bridgehead atoms. The van der Waals surface area contributed by atoms with E-state index in [4.69, 9.17) is 4.74 Å². The van der Waals surface area contributed by atoms with Gasteiger partial charge in [0.15, 0.2) is 4.34 Å². The molecule has 0 spiro atoms. The molecule has 6 nitrogen and oxygen atoms in total. The number of aromatic nitrogens is 2. The molecule has 28 heavy (non-hydrogen) atoms. The van der Waals surface area contributed by atoms with Gasteiger partial charge >= 0.3 is 0 Å². The summed E-state index contributed by atoms with van der Waals surface area (Å²) in [7, 11) is 0. The first-order valence-electron chi connectivity index (χ1n) is 9.73. The summed E-state index contributed by atoms with van der Waals surface area (Å²) in [5.74, 6) is 0.297. The monoisotopic (exact) mass is 420 g/mol. The number of nitrogens with zero attached hydrogens (tertiary/aromatic N) is 3. The summed E-state index contributed by atoms with van der Waals surface area (Å²) < 4.78 is 6.72. The standard InChI is InChI=1S/C20H28N4O2S2/c1-15(2)24(12-18-5-3-4-10-26-18)11-16-6-8-17(9-7-16)22-19(25)13-27-20-23-21-14-28-20/h6-9,14-15,18H,3-5,10-13H2,1-2H3,(H,22,25)/t18-/m0/s1. The molecule has 1 aromatic carbocycles. The third-order valence-corrected chi connectivity index (χ3v) is 6.59. The topological polar surface area (TPSA) is 67.4 Å². The zero-order chi connectivity index (χ0) is 19.8. The number of benzene rings is 1. The molecule has 1 aromatic heterocycles. The molecular formula is C20H28N4O2S2. The maximum absolute atomic E-state index is 12.1. The lowest BCUT2D eigenvalue weighted by molar-refractivity contribution is -0.113. The molecule has 152 valence electrons. The molecule has 1 fully saturated rings. The number of carbonyl (C=O) groups excluding carboxylic acids is 1. The lowest BCUT2D eigenvalue weighted by atomic mass is 10.1. The minimum atomic E-state index is -0.0359. The molecule has 0 aliphatic carbocycles. The van der Waals surface area contributed by atoms with Crippen LogP contribution in [-0.4, -0.2) is 52.1 Å². The number of carbonyl (C=O) groups is 1. The Morgan fingerprint density at radius 3 is 2.82 bits per heavy atom. The van der Waals surface area contributed by atoms with Crippen molar-refractivity contribution in [3.8, 4) is 0 Å². The van der Waals surface area contributed by atoms with Crippen LogP contribution < -0.4 is 5.32 Å². The van der Waals surface area contributed by atoms with Gasteiger partial charge in [0.25, 0.3) is 0 Å². The van der Waals surface area contributed by atoms with Crippen LogP contribution in [0.25, 0.3) is 0 Å². The lowest BCUT2D eigenvalue weighted by Gasteiger charge is -2.32. The predicted molar refractivity (Wildman–Crippen MR) is 115 cm³/mol. The molecule has 1 N–H and O–H groups in total. The number of amides is 1. The smallest absolute Gasteiger partial charge is 0.234 e. The number of hydrogen-bond donors (Lipinski definition) is 1. The predicted octanol–water partition coefficient (Wildman–Crippen LogP) is 4.05. The summed E-state index contributed by atoms with van der Waals surface area (Å²) in [5.41, 5.74) is 3.73. The Balaban J connectivity index is 1.48. The van der Waals surface area contributed by atoms with Crippen molar-refractivity contribution in [3.63, 3.8) is 0 Å². The molecular weight excluding hydrogens is 392 g/mol. The van der Waals surface area contributed by atoms with Crippen LogP contribution in [0.3, 0.4) is 0 Å². The van der Waals surface area contributed by atoms with Gasteiger partial charge in [0, 0.05) is 31.4 Å². The van der Waals surface area contributed by atoms with Gasteiger partial charge in [0.1, 0.15) is 5.51 Å². The zero-order valence-corrected chi connectivity index (χ0v) is 18.1. The maximum Gasteiger partial charge on any atom is 0.234 e. The van der Waals surface area contributed by atoms with Crippen molar-refractivity contribution < 1.29 is 9.53 Å². The molecule has 2 aromatic rings. The van der Waals surface area contributed by atoms with Gasteiger partial charge in [-0.25, -0.2) is 0 Å². The molecule has 0 saturated carbocycles. The third-order valence-electron chi connectivity index (χ3n) is 4.73. The summed E-state index contributed by atoms with van der Waals surface area (Å²) in [6.07, 6.45) is 3.95. The van der Waals surface area contributed by atoms with E-state index in [1.165, 1.54) is 41.5 Å². The fourth-order valence-corrected chi connectivity index (χ4v) is 4.44. The molecule has 3 rings (SSSR count). The second kappa shape index (κ2) is 10.9. The average Bonchev–Trinajstić information content (AvgIpc) is 3.22. The van der Waals surface area contributed by atoms with E-state index in [0.29, 0.717) is 17.9 Å². The van der Waals surface area contributed by atoms with Crippen molar-refractivity contribution in [2.24, 2.45) is 0 Å². The molecule has 1 amide bonds. The van der Waals surface area contributed by atoms with Gasteiger partial charge in [-0.3, -0.25) is 9.69 Å². The molecule has 1 aliphatic rings. The van der Waals surface area contributed by atoms with E-state index in [2.05, 4.69) is 46.4 Å². The van der Waals surface area contributed by atoms with E-state index in [1.807, 2.05) is 12.1 Å². The van der Waals surface area contributed by atoms with Crippen LogP contribution in [0.5, 0.6) is 0 Å². The van der Waals surface area contributed by atoms with Gasteiger partial charge < -0.3 is 10.1 Å². The van der Waals surface area contributed by atoms with Crippen molar-refractivity contribution in [3.05, 3.63) is 35.3 Å². The molecule has 1 saturated heterocycles. The molecule has 1 aliphatic heterocycles. The Bertz CT molecular complexity index is 716. The number of nitrogens with one attached hydrogen (secondary N) is 1. The first-order valence-corrected chi connectivity index (χ1v) is 11.6. The van der Waals surface area contributed by atoms with Gasteiger partial charge in [-0.2, -0.15) is 0 Å². The van der Waals surface area contributed by atoms with Crippen LogP contribution in [0, 0.1) is 0 Å². The van der Waals surface area contributed by atoms with E-state index < -0.39 is 0 Å². The second-order valence-electron chi connectivity index (χ2n) is 7.25. The molecule has 0 radical (unpaired) electrons. The first kappa shape index (κ1) is 21.2. The van der Waals surface area contributed by atoms with Crippen molar-refractivity contribution >= 4 is 34.7 Å². The number of rotatable bonds is 9. The zero-order valence-electron chi connectivity index (χ0n) is 16.5. The van der Waals surface area contributed by atoms with E-state index >= 15 is 0 Å². The molecule has 2 heterocycles. The molecule has 1 atom stereocenters. The normalized spacial score (nSPS) is 17.2. The van der Waals surface area contributed by atoms with Gasteiger partial charge in [-0.15, -0.1) is 10.2 Å². The Labute approximate surface area is 175 Å². The fourth-order valence-electron chi connectivity index (χ4n) is 3.15. The molecule has 8 heteroatoms. The van der Waals surface area contributed by atoms with Crippen LogP contribution >= 0.6 is 23.1 Å². The Morgan fingerprint density at radius 2 is 2.18 bits per heavy atom. The fraction of sp³-hybridized carbons (Fsp3) is 0.550. The quantitative estimate of drug-likeness (QED) is 0.618. The Kier molecular flexibility index (Phi) is 8.27. The van der Waals surface area contributed by atoms with Crippen molar-refractivity contribution in [2.45, 2.75) is 56.1 Å². The van der Waals surface area contributed by atoms with Gasteiger partial charge in [0.05, 0.1) is 11.9 Å². The highest BCUT2D eigenvalue weighted by Crippen LogP contribution is 2.20. The Hall–Kier alpha value is -1.48. The summed E-state index contributed by atoms with van der Waals surface area (Å²) in [5, 5.41) is 10.6. The third kappa shape index (κ3) is 6.84. The summed E-state index contributed by atoms with van der Waals surface area (Å²) in [4.78, 5) is 14.5. The number of anilines is 1.